The lowest BCUT2D eigenvalue weighted by Gasteiger charge is -1.94. The molecule has 0 saturated heterocycles. The third-order valence-corrected chi connectivity index (χ3v) is 2.37. The highest BCUT2D eigenvalue weighted by atomic mass is 14.7. The van der Waals surface area contributed by atoms with Crippen molar-refractivity contribution < 1.29 is 0 Å². The number of hydrogen-bond donors (Lipinski definition) is 0. The van der Waals surface area contributed by atoms with Crippen molar-refractivity contribution in [2.75, 3.05) is 0 Å². The van der Waals surface area contributed by atoms with Crippen LogP contribution in [0.3, 0.4) is 0 Å². The number of fused-ring (bicyclic) bond motifs is 3. The Morgan fingerprint density at radius 3 is 2.86 bits per heavy atom. The highest BCUT2D eigenvalue weighted by molar-refractivity contribution is 5.94. The molecule has 0 atom stereocenters. The summed E-state index contributed by atoms with van der Waals surface area (Å²) >= 11 is 0. The fraction of sp³-hybridized carbons (Fsp3) is 0. The molecule has 0 bridgehead atoms. The maximum atomic E-state index is 4.35. The molecule has 2 aliphatic heterocycles. The monoisotopic (exact) mass is 180 g/mol. The van der Waals surface area contributed by atoms with Gasteiger partial charge in [0.05, 0.1) is 5.69 Å². The van der Waals surface area contributed by atoms with E-state index in [-0.39, 0.29) is 0 Å². The van der Waals surface area contributed by atoms with Gasteiger partial charge in [-0.25, -0.2) is 0 Å². The average molecular weight is 180 g/mol. The number of aromatic nitrogens is 2. The molecule has 14 heavy (non-hydrogen) atoms. The molecule has 0 amide bonds. The minimum absolute atomic E-state index is 1.03. The van der Waals surface area contributed by atoms with Gasteiger partial charge < -0.3 is 0 Å². The van der Waals surface area contributed by atoms with E-state index in [1.165, 1.54) is 0 Å². The molecular formula is C12H8N2. The lowest BCUT2D eigenvalue weighted by atomic mass is 10.1. The number of hydrogen-bond acceptors (Lipinski definition) is 2. The second-order valence-electron chi connectivity index (χ2n) is 3.24. The molecule has 2 heteroatoms. The van der Waals surface area contributed by atoms with E-state index in [0.717, 1.165) is 22.0 Å². The summed E-state index contributed by atoms with van der Waals surface area (Å²) in [7, 11) is 0. The topological polar surface area (TPSA) is 25.8 Å². The van der Waals surface area contributed by atoms with Crippen molar-refractivity contribution in [2.24, 2.45) is 0 Å². The first-order valence-electron chi connectivity index (χ1n) is 4.52. The second kappa shape index (κ2) is 2.77. The van der Waals surface area contributed by atoms with Gasteiger partial charge in [0.25, 0.3) is 0 Å². The summed E-state index contributed by atoms with van der Waals surface area (Å²) in [5.74, 6) is 0. The van der Waals surface area contributed by atoms with Crippen LogP contribution in [0.15, 0.2) is 48.9 Å². The Bertz CT molecular complexity index is 560. The predicted molar refractivity (Wildman–Crippen MR) is 56.2 cm³/mol. The summed E-state index contributed by atoms with van der Waals surface area (Å²) in [5.41, 5.74) is 2.12. The smallest absolute Gasteiger partial charge is 0.0796 e. The Hall–Kier alpha value is -1.96. The molecule has 1 aromatic carbocycles. The fourth-order valence-corrected chi connectivity index (χ4v) is 1.70. The van der Waals surface area contributed by atoms with Gasteiger partial charge in [-0.05, 0) is 6.07 Å². The molecule has 0 spiro atoms. The molecule has 0 radical (unpaired) electrons. The van der Waals surface area contributed by atoms with Crippen LogP contribution in [0.1, 0.15) is 0 Å². The van der Waals surface area contributed by atoms with E-state index in [1.807, 2.05) is 36.8 Å². The normalized spacial score (nSPS) is 10.9. The van der Waals surface area contributed by atoms with E-state index in [9.17, 15) is 0 Å². The molecule has 3 rings (SSSR count). The SMILES string of the molecule is c1ccc2c3nccc-3cncc2c1. The molecule has 2 aliphatic rings. The Kier molecular flexibility index (Phi) is 1.47. The number of benzene rings is 1. The molecule has 0 saturated carbocycles. The molecule has 0 fully saturated rings. The van der Waals surface area contributed by atoms with E-state index >= 15 is 0 Å². The van der Waals surface area contributed by atoms with Crippen LogP contribution < -0.4 is 0 Å². The first-order chi connectivity index (χ1) is 6.95. The summed E-state index contributed by atoms with van der Waals surface area (Å²) in [6.07, 6.45) is 5.54. The van der Waals surface area contributed by atoms with Crippen LogP contribution in [-0.4, -0.2) is 9.97 Å². The van der Waals surface area contributed by atoms with E-state index in [1.54, 1.807) is 0 Å². The van der Waals surface area contributed by atoms with Gasteiger partial charge in [-0.1, -0.05) is 24.3 Å². The first-order valence-corrected chi connectivity index (χ1v) is 4.52. The van der Waals surface area contributed by atoms with E-state index in [2.05, 4.69) is 22.1 Å². The quantitative estimate of drug-likeness (QED) is 0.531. The maximum Gasteiger partial charge on any atom is 0.0796 e. The number of nitrogens with zero attached hydrogens (tertiary/aromatic N) is 2. The molecule has 1 aromatic rings. The highest BCUT2D eigenvalue weighted by Gasteiger charge is 2.05. The van der Waals surface area contributed by atoms with Gasteiger partial charge in [-0.15, -0.1) is 0 Å². The number of rotatable bonds is 0. The van der Waals surface area contributed by atoms with Crippen LogP contribution in [0, 0.1) is 0 Å². The summed E-state index contributed by atoms with van der Waals surface area (Å²) in [5, 5.41) is 2.28. The third kappa shape index (κ3) is 0.973. The standard InChI is InChI=1S/C12H8N2/c1-2-4-11-9(3-1)7-13-8-10-5-6-14-12(10)11/h1-8H. The van der Waals surface area contributed by atoms with Gasteiger partial charge >= 0.3 is 0 Å². The molecular weight excluding hydrogens is 172 g/mol. The van der Waals surface area contributed by atoms with Crippen LogP contribution in [0.5, 0.6) is 0 Å². The lowest BCUT2D eigenvalue weighted by molar-refractivity contribution is 1.38. The molecule has 0 unspecified atom stereocenters. The Balaban J connectivity index is 2.56. The minimum Gasteiger partial charge on any atom is -0.263 e. The zero-order chi connectivity index (χ0) is 9.38. The van der Waals surface area contributed by atoms with E-state index < -0.39 is 0 Å². The van der Waals surface area contributed by atoms with Gasteiger partial charge in [0.15, 0.2) is 0 Å². The van der Waals surface area contributed by atoms with Crippen LogP contribution in [-0.2, 0) is 0 Å². The summed E-state index contributed by atoms with van der Waals surface area (Å²) < 4.78 is 0. The third-order valence-electron chi connectivity index (χ3n) is 2.37. The van der Waals surface area contributed by atoms with Crippen LogP contribution in [0.4, 0.5) is 0 Å². The Morgan fingerprint density at radius 2 is 1.86 bits per heavy atom. The molecule has 0 aliphatic carbocycles. The largest absolute Gasteiger partial charge is 0.263 e. The second-order valence-corrected chi connectivity index (χ2v) is 3.24. The van der Waals surface area contributed by atoms with Gasteiger partial charge in [0.2, 0.25) is 0 Å². The van der Waals surface area contributed by atoms with E-state index in [4.69, 9.17) is 0 Å². The maximum absolute atomic E-state index is 4.35. The fourth-order valence-electron chi connectivity index (χ4n) is 1.70. The van der Waals surface area contributed by atoms with Crippen molar-refractivity contribution in [3.05, 3.63) is 48.9 Å². The van der Waals surface area contributed by atoms with Crippen molar-refractivity contribution in [3.63, 3.8) is 0 Å². The molecule has 2 heterocycles. The van der Waals surface area contributed by atoms with Crippen molar-refractivity contribution in [1.82, 2.24) is 9.97 Å². The van der Waals surface area contributed by atoms with Gasteiger partial charge in [0.1, 0.15) is 0 Å². The van der Waals surface area contributed by atoms with Crippen molar-refractivity contribution in [1.29, 1.82) is 0 Å². The summed E-state index contributed by atoms with van der Waals surface area (Å²) in [6.45, 7) is 0. The van der Waals surface area contributed by atoms with Crippen molar-refractivity contribution in [2.45, 2.75) is 0 Å². The van der Waals surface area contributed by atoms with Crippen LogP contribution >= 0.6 is 0 Å². The van der Waals surface area contributed by atoms with E-state index in [0.29, 0.717) is 0 Å². The predicted octanol–water partition coefficient (Wildman–Crippen LogP) is 2.73. The molecule has 0 N–H and O–H groups in total. The van der Waals surface area contributed by atoms with Gasteiger partial charge in [0, 0.05) is 34.9 Å². The first kappa shape index (κ1) is 7.44. The Labute approximate surface area is 81.6 Å². The van der Waals surface area contributed by atoms with Crippen LogP contribution in [0.25, 0.3) is 22.0 Å². The summed E-state index contributed by atoms with van der Waals surface area (Å²) in [4.78, 5) is 8.58. The van der Waals surface area contributed by atoms with Gasteiger partial charge in [-0.2, -0.15) is 0 Å². The highest BCUT2D eigenvalue weighted by Crippen LogP contribution is 2.26. The van der Waals surface area contributed by atoms with Crippen LogP contribution in [0.2, 0.25) is 0 Å². The van der Waals surface area contributed by atoms with Crippen molar-refractivity contribution >= 4 is 10.8 Å². The minimum atomic E-state index is 1.03. The molecule has 66 valence electrons. The average Bonchev–Trinajstić information content (AvgIpc) is 2.61. The Morgan fingerprint density at radius 1 is 0.929 bits per heavy atom. The zero-order valence-corrected chi connectivity index (χ0v) is 7.51. The lowest BCUT2D eigenvalue weighted by Crippen LogP contribution is -1.73. The van der Waals surface area contributed by atoms with Gasteiger partial charge in [-0.3, -0.25) is 9.97 Å². The zero-order valence-electron chi connectivity index (χ0n) is 7.51. The molecule has 0 aromatic heterocycles. The molecule has 2 nitrogen and oxygen atoms in total. The van der Waals surface area contributed by atoms with Crippen molar-refractivity contribution in [3.8, 4) is 11.3 Å². The summed E-state index contributed by atoms with van der Waals surface area (Å²) in [6, 6.07) is 10.1.